The lowest BCUT2D eigenvalue weighted by molar-refractivity contribution is -0.196. The normalized spacial score (nSPS) is 38.1. The Kier molecular flexibility index (Phi) is 4.35. The summed E-state index contributed by atoms with van der Waals surface area (Å²) in [4.78, 5) is 24.9. The van der Waals surface area contributed by atoms with Crippen LogP contribution in [-0.4, -0.2) is 34.7 Å². The van der Waals surface area contributed by atoms with E-state index in [0.29, 0.717) is 18.3 Å². The van der Waals surface area contributed by atoms with Crippen LogP contribution in [0.1, 0.15) is 59.3 Å². The Morgan fingerprint density at radius 3 is 2.40 bits per heavy atom. The number of ether oxygens (including phenoxy) is 1. The van der Waals surface area contributed by atoms with Gasteiger partial charge in [0.15, 0.2) is 6.61 Å². The summed E-state index contributed by atoms with van der Waals surface area (Å²) in [5.41, 5.74) is -2.35. The average molecular weight is 348 g/mol. The Morgan fingerprint density at radius 1 is 1.32 bits per heavy atom. The Labute approximate surface area is 148 Å². The highest BCUT2D eigenvalue weighted by atomic mass is 16.5. The van der Waals surface area contributed by atoms with Gasteiger partial charge in [-0.1, -0.05) is 13.8 Å². The van der Waals surface area contributed by atoms with E-state index in [0.717, 1.165) is 32.1 Å². The van der Waals surface area contributed by atoms with Crippen LogP contribution in [0.25, 0.3) is 0 Å². The van der Waals surface area contributed by atoms with Crippen molar-refractivity contribution in [2.45, 2.75) is 70.4 Å². The van der Waals surface area contributed by atoms with Crippen LogP contribution < -0.4 is 5.32 Å². The Morgan fingerprint density at radius 2 is 1.92 bits per heavy atom. The molecule has 4 bridgehead atoms. The summed E-state index contributed by atoms with van der Waals surface area (Å²) in [5.74, 6) is -0.117. The van der Waals surface area contributed by atoms with Gasteiger partial charge in [0.05, 0.1) is 17.1 Å². The summed E-state index contributed by atoms with van der Waals surface area (Å²) in [5, 5.41) is 22.6. The van der Waals surface area contributed by atoms with Crippen LogP contribution >= 0.6 is 0 Å². The van der Waals surface area contributed by atoms with E-state index in [1.54, 1.807) is 6.92 Å². The van der Waals surface area contributed by atoms with Gasteiger partial charge < -0.3 is 15.2 Å². The lowest BCUT2D eigenvalue weighted by atomic mass is 9.48. The molecule has 0 spiro atoms. The van der Waals surface area contributed by atoms with Gasteiger partial charge in [-0.25, -0.2) is 0 Å². The number of hydrogen-bond donors (Lipinski definition) is 2. The van der Waals surface area contributed by atoms with Gasteiger partial charge in [0.2, 0.25) is 0 Å². The van der Waals surface area contributed by atoms with Crippen LogP contribution in [0.2, 0.25) is 0 Å². The monoisotopic (exact) mass is 348 g/mol. The number of carbonyl (C=O) groups excluding carboxylic acids is 2. The van der Waals surface area contributed by atoms with E-state index in [1.807, 2.05) is 13.8 Å². The molecule has 0 saturated heterocycles. The molecule has 6 nitrogen and oxygen atoms in total. The van der Waals surface area contributed by atoms with E-state index in [-0.39, 0.29) is 18.5 Å². The highest BCUT2D eigenvalue weighted by Crippen LogP contribution is 2.61. The zero-order valence-corrected chi connectivity index (χ0v) is 15.3. The topological polar surface area (TPSA) is 99.4 Å². The summed E-state index contributed by atoms with van der Waals surface area (Å²) in [6, 6.07) is 2.10. The molecular formula is C19H28N2O4. The van der Waals surface area contributed by atoms with Gasteiger partial charge in [0.1, 0.15) is 5.54 Å². The van der Waals surface area contributed by atoms with Crippen molar-refractivity contribution in [1.82, 2.24) is 5.32 Å². The van der Waals surface area contributed by atoms with Crippen LogP contribution in [-0.2, 0) is 14.3 Å². The molecule has 2 N–H and O–H groups in total. The Bertz CT molecular complexity index is 609. The van der Waals surface area contributed by atoms with Crippen LogP contribution in [0.15, 0.2) is 0 Å². The van der Waals surface area contributed by atoms with Crippen LogP contribution in [0, 0.1) is 34.5 Å². The van der Waals surface area contributed by atoms with E-state index >= 15 is 0 Å². The molecule has 4 aliphatic rings. The van der Waals surface area contributed by atoms with Crippen molar-refractivity contribution in [3.8, 4) is 6.07 Å². The van der Waals surface area contributed by atoms with Crippen LogP contribution in [0.4, 0.5) is 0 Å². The van der Waals surface area contributed by atoms with Crippen molar-refractivity contribution in [1.29, 1.82) is 5.26 Å². The van der Waals surface area contributed by atoms with Crippen molar-refractivity contribution >= 4 is 11.9 Å². The molecule has 4 saturated carbocycles. The zero-order valence-electron chi connectivity index (χ0n) is 15.3. The molecule has 138 valence electrons. The van der Waals surface area contributed by atoms with E-state index in [4.69, 9.17) is 4.74 Å². The second-order valence-electron chi connectivity index (χ2n) is 9.06. The van der Waals surface area contributed by atoms with Gasteiger partial charge in [-0.3, -0.25) is 9.59 Å². The fourth-order valence-electron chi connectivity index (χ4n) is 5.36. The third-order valence-electron chi connectivity index (χ3n) is 6.58. The third kappa shape index (κ3) is 3.27. The molecule has 0 aliphatic heterocycles. The molecule has 0 aromatic carbocycles. The molecule has 0 aromatic rings. The minimum absolute atomic E-state index is 0.0606. The summed E-state index contributed by atoms with van der Waals surface area (Å²) in [6.45, 7) is 4.99. The van der Waals surface area contributed by atoms with Gasteiger partial charge in [0, 0.05) is 0 Å². The number of hydrogen-bond acceptors (Lipinski definition) is 5. The molecule has 0 aromatic heterocycles. The molecule has 4 fully saturated rings. The van der Waals surface area contributed by atoms with Crippen molar-refractivity contribution in [2.75, 3.05) is 6.61 Å². The Balaban J connectivity index is 1.60. The molecule has 5 atom stereocenters. The second-order valence-corrected chi connectivity index (χ2v) is 9.06. The van der Waals surface area contributed by atoms with E-state index in [9.17, 15) is 20.0 Å². The molecular weight excluding hydrogens is 320 g/mol. The minimum Gasteiger partial charge on any atom is -0.455 e. The van der Waals surface area contributed by atoms with Crippen molar-refractivity contribution in [3.63, 3.8) is 0 Å². The van der Waals surface area contributed by atoms with E-state index in [1.165, 1.54) is 0 Å². The molecule has 1 amide bonds. The minimum atomic E-state index is -0.987. The second kappa shape index (κ2) is 5.98. The predicted octanol–water partition coefficient (Wildman–Crippen LogP) is 1.92. The summed E-state index contributed by atoms with van der Waals surface area (Å²) in [7, 11) is 0. The van der Waals surface area contributed by atoms with E-state index < -0.39 is 22.5 Å². The van der Waals surface area contributed by atoms with Crippen LogP contribution in [0.3, 0.4) is 0 Å². The molecule has 25 heavy (non-hydrogen) atoms. The number of esters is 1. The van der Waals surface area contributed by atoms with E-state index in [2.05, 4.69) is 11.4 Å². The zero-order chi connectivity index (χ0) is 18.5. The number of aliphatic hydroxyl groups is 1. The predicted molar refractivity (Wildman–Crippen MR) is 90.0 cm³/mol. The summed E-state index contributed by atoms with van der Waals surface area (Å²) in [6.07, 6.45) is 4.63. The maximum Gasteiger partial charge on any atom is 0.312 e. The quantitative estimate of drug-likeness (QED) is 0.740. The fourth-order valence-corrected chi connectivity index (χ4v) is 5.36. The number of amides is 1. The maximum absolute atomic E-state index is 12.7. The Hall–Kier alpha value is -1.61. The van der Waals surface area contributed by atoms with Crippen LogP contribution in [0.5, 0.6) is 0 Å². The molecule has 6 heteroatoms. The number of nitrogens with zero attached hydrogens (tertiary/aromatic N) is 1. The molecule has 4 aliphatic carbocycles. The largest absolute Gasteiger partial charge is 0.455 e. The van der Waals surface area contributed by atoms with Gasteiger partial charge in [-0.2, -0.15) is 5.26 Å². The van der Waals surface area contributed by atoms with Crippen molar-refractivity contribution in [2.24, 2.45) is 23.2 Å². The smallest absolute Gasteiger partial charge is 0.312 e. The first-order valence-corrected chi connectivity index (χ1v) is 9.22. The molecule has 0 heterocycles. The number of nitrogens with one attached hydrogen (secondary N) is 1. The fraction of sp³-hybridized carbons (Fsp3) is 0.842. The summed E-state index contributed by atoms with van der Waals surface area (Å²) < 4.78 is 5.33. The molecule has 4 rings (SSSR count). The highest BCUT2D eigenvalue weighted by Gasteiger charge is 2.60. The lowest BCUT2D eigenvalue weighted by Gasteiger charge is -2.58. The molecule has 0 radical (unpaired) electrons. The van der Waals surface area contributed by atoms with Gasteiger partial charge >= 0.3 is 5.97 Å². The maximum atomic E-state index is 12.7. The van der Waals surface area contributed by atoms with Gasteiger partial charge in [-0.05, 0) is 63.2 Å². The third-order valence-corrected chi connectivity index (χ3v) is 6.58. The standard InChI is InChI=1S/C19H28N2O4/c1-12(2)17(3,11-20)21-15(22)9-25-16(23)18-5-13-4-14(6-18)8-19(24,7-13)10-18/h12-14,24H,4-10H2,1-3H3,(H,21,22)/t13-,14+,17-,18?,19?/m0/s1. The molecule has 2 unspecified atom stereocenters. The number of rotatable bonds is 5. The summed E-state index contributed by atoms with van der Waals surface area (Å²) >= 11 is 0. The first-order valence-electron chi connectivity index (χ1n) is 9.22. The SMILES string of the molecule is CC(C)[C@](C)(C#N)NC(=O)COC(=O)C12C[C@@H]3C[C@@H](CC(O)(C3)C1)C2. The van der Waals surface area contributed by atoms with Crippen molar-refractivity contribution < 1.29 is 19.4 Å². The number of nitriles is 1. The average Bonchev–Trinajstić information content (AvgIpc) is 2.49. The van der Waals surface area contributed by atoms with Gasteiger partial charge in [-0.15, -0.1) is 0 Å². The first-order chi connectivity index (χ1) is 11.6. The number of carbonyl (C=O) groups is 2. The van der Waals surface area contributed by atoms with Gasteiger partial charge in [0.25, 0.3) is 5.91 Å². The first kappa shape index (κ1) is 18.2. The lowest BCUT2D eigenvalue weighted by Crippen LogP contribution is -2.58. The van der Waals surface area contributed by atoms with Crippen molar-refractivity contribution in [3.05, 3.63) is 0 Å². The highest BCUT2D eigenvalue weighted by molar-refractivity contribution is 5.83.